The van der Waals surface area contributed by atoms with Gasteiger partial charge in [-0.05, 0) is 49.3 Å². The summed E-state index contributed by atoms with van der Waals surface area (Å²) >= 11 is 0. The van der Waals surface area contributed by atoms with E-state index in [0.717, 1.165) is 31.2 Å². The first-order valence-electron chi connectivity index (χ1n) is 8.34. The number of rotatable bonds is 4. The normalized spacial score (nSPS) is 18.7. The molecule has 1 aromatic rings. The summed E-state index contributed by atoms with van der Waals surface area (Å²) in [4.78, 5) is 12.2. The fourth-order valence-corrected chi connectivity index (χ4v) is 4.64. The highest BCUT2D eigenvalue weighted by atomic mass is 32.2. The number of nitrogens with zero attached hydrogens (tertiary/aromatic N) is 1. The van der Waals surface area contributed by atoms with Gasteiger partial charge in [0, 0.05) is 18.7 Å². The van der Waals surface area contributed by atoms with E-state index in [0.29, 0.717) is 30.3 Å². The van der Waals surface area contributed by atoms with Crippen molar-refractivity contribution in [1.82, 2.24) is 0 Å². The molecule has 5 nitrogen and oxygen atoms in total. The molecule has 1 aliphatic heterocycles. The number of hydrogen-bond donors (Lipinski definition) is 1. The molecular weight excluding hydrogens is 312 g/mol. The number of amides is 1. The molecule has 1 fully saturated rings. The number of anilines is 2. The van der Waals surface area contributed by atoms with Crippen molar-refractivity contribution in [2.24, 2.45) is 5.92 Å². The standard InChI is InChI=1S/C17H24N2O3S/c1-23(21,22)19-10-4-7-14-8-9-15(12-16(14)19)18-17(20)11-13-5-2-3-6-13/h8-9,12-13H,2-7,10-11H2,1H3,(H,18,20). The molecule has 2 aliphatic rings. The Kier molecular flexibility index (Phi) is 4.62. The molecule has 1 aromatic carbocycles. The predicted octanol–water partition coefficient (Wildman–Crippen LogP) is 2.92. The Morgan fingerprint density at radius 2 is 2.00 bits per heavy atom. The molecule has 0 aromatic heterocycles. The monoisotopic (exact) mass is 336 g/mol. The zero-order valence-electron chi connectivity index (χ0n) is 13.5. The van der Waals surface area contributed by atoms with Crippen LogP contribution < -0.4 is 9.62 Å². The first-order valence-corrected chi connectivity index (χ1v) is 10.2. The van der Waals surface area contributed by atoms with Crippen molar-refractivity contribution in [2.75, 3.05) is 22.4 Å². The van der Waals surface area contributed by atoms with Gasteiger partial charge in [0.05, 0.1) is 11.9 Å². The van der Waals surface area contributed by atoms with Crippen molar-refractivity contribution >= 4 is 27.3 Å². The fraction of sp³-hybridized carbons (Fsp3) is 0.588. The van der Waals surface area contributed by atoms with Gasteiger partial charge < -0.3 is 5.32 Å². The van der Waals surface area contributed by atoms with Crippen LogP contribution in [0, 0.1) is 5.92 Å². The lowest BCUT2D eigenvalue weighted by molar-refractivity contribution is -0.117. The van der Waals surface area contributed by atoms with E-state index >= 15 is 0 Å². The lowest BCUT2D eigenvalue weighted by Crippen LogP contribution is -2.34. The lowest BCUT2D eigenvalue weighted by atomic mass is 10.0. The Morgan fingerprint density at radius 1 is 1.26 bits per heavy atom. The van der Waals surface area contributed by atoms with Crippen molar-refractivity contribution in [2.45, 2.75) is 44.9 Å². The van der Waals surface area contributed by atoms with Gasteiger partial charge >= 0.3 is 0 Å². The van der Waals surface area contributed by atoms with Gasteiger partial charge in [0.15, 0.2) is 0 Å². The molecule has 1 N–H and O–H groups in total. The van der Waals surface area contributed by atoms with Gasteiger partial charge in [-0.3, -0.25) is 9.10 Å². The molecule has 0 spiro atoms. The van der Waals surface area contributed by atoms with Crippen LogP contribution in [0.3, 0.4) is 0 Å². The molecule has 0 bridgehead atoms. The van der Waals surface area contributed by atoms with Crippen LogP contribution >= 0.6 is 0 Å². The second-order valence-electron chi connectivity index (χ2n) is 6.68. The second-order valence-corrected chi connectivity index (χ2v) is 8.59. The van der Waals surface area contributed by atoms with Crippen LogP contribution in [0.2, 0.25) is 0 Å². The molecule has 6 heteroatoms. The summed E-state index contributed by atoms with van der Waals surface area (Å²) in [6.07, 6.45) is 8.21. The van der Waals surface area contributed by atoms with E-state index in [2.05, 4.69) is 5.32 Å². The quantitative estimate of drug-likeness (QED) is 0.919. The first kappa shape index (κ1) is 16.3. The van der Waals surface area contributed by atoms with Crippen molar-refractivity contribution in [3.8, 4) is 0 Å². The molecule has 0 saturated heterocycles. The summed E-state index contributed by atoms with van der Waals surface area (Å²) in [6.45, 7) is 0.505. The third kappa shape index (κ3) is 3.86. The van der Waals surface area contributed by atoms with Gasteiger partial charge in [-0.2, -0.15) is 0 Å². The molecule has 126 valence electrons. The van der Waals surface area contributed by atoms with Gasteiger partial charge in [0.2, 0.25) is 15.9 Å². The number of carbonyl (C=O) groups excluding carboxylic acids is 1. The van der Waals surface area contributed by atoms with Gasteiger partial charge in [-0.25, -0.2) is 8.42 Å². The van der Waals surface area contributed by atoms with Crippen molar-refractivity contribution in [1.29, 1.82) is 0 Å². The van der Waals surface area contributed by atoms with Crippen LogP contribution in [0.1, 0.15) is 44.1 Å². The third-order valence-electron chi connectivity index (χ3n) is 4.79. The van der Waals surface area contributed by atoms with E-state index in [9.17, 15) is 13.2 Å². The van der Waals surface area contributed by atoms with Crippen LogP contribution in [0.25, 0.3) is 0 Å². The fourth-order valence-electron chi connectivity index (χ4n) is 3.65. The SMILES string of the molecule is CS(=O)(=O)N1CCCc2ccc(NC(=O)CC3CCCC3)cc21. The molecule has 23 heavy (non-hydrogen) atoms. The van der Waals surface area contributed by atoms with Gasteiger partial charge in [0.25, 0.3) is 0 Å². The minimum absolute atomic E-state index is 0.0264. The molecule has 1 saturated carbocycles. The largest absolute Gasteiger partial charge is 0.326 e. The number of carbonyl (C=O) groups is 1. The van der Waals surface area contributed by atoms with E-state index in [1.54, 1.807) is 6.07 Å². The molecule has 1 amide bonds. The average Bonchev–Trinajstić information content (AvgIpc) is 2.98. The van der Waals surface area contributed by atoms with Crippen molar-refractivity contribution in [3.63, 3.8) is 0 Å². The minimum atomic E-state index is -3.28. The van der Waals surface area contributed by atoms with E-state index in [4.69, 9.17) is 0 Å². The Morgan fingerprint density at radius 3 is 2.70 bits per heavy atom. The smallest absolute Gasteiger partial charge is 0.232 e. The Hall–Kier alpha value is -1.56. The maximum atomic E-state index is 12.2. The van der Waals surface area contributed by atoms with Gasteiger partial charge in [0.1, 0.15) is 0 Å². The number of sulfonamides is 1. The third-order valence-corrected chi connectivity index (χ3v) is 5.97. The van der Waals surface area contributed by atoms with Crippen molar-refractivity contribution < 1.29 is 13.2 Å². The Balaban J connectivity index is 1.75. The van der Waals surface area contributed by atoms with Crippen LogP contribution in [-0.4, -0.2) is 27.1 Å². The number of aryl methyl sites for hydroxylation is 1. The molecular formula is C17H24N2O3S. The van der Waals surface area contributed by atoms with Crippen LogP contribution in [-0.2, 0) is 21.2 Å². The van der Waals surface area contributed by atoms with Gasteiger partial charge in [-0.1, -0.05) is 18.9 Å². The van der Waals surface area contributed by atoms with E-state index in [1.165, 1.54) is 23.4 Å². The maximum Gasteiger partial charge on any atom is 0.232 e. The highest BCUT2D eigenvalue weighted by molar-refractivity contribution is 7.92. The summed E-state index contributed by atoms with van der Waals surface area (Å²) in [5.41, 5.74) is 2.41. The van der Waals surface area contributed by atoms with E-state index in [-0.39, 0.29) is 5.91 Å². The van der Waals surface area contributed by atoms with Crippen LogP contribution in [0.5, 0.6) is 0 Å². The topological polar surface area (TPSA) is 66.5 Å². The number of fused-ring (bicyclic) bond motifs is 1. The predicted molar refractivity (Wildman–Crippen MR) is 92.2 cm³/mol. The zero-order valence-corrected chi connectivity index (χ0v) is 14.4. The first-order chi connectivity index (χ1) is 10.9. The maximum absolute atomic E-state index is 12.2. The molecule has 1 aliphatic carbocycles. The van der Waals surface area contributed by atoms with E-state index in [1.807, 2.05) is 12.1 Å². The molecule has 0 unspecified atom stereocenters. The highest BCUT2D eigenvalue weighted by Gasteiger charge is 2.24. The number of nitrogens with one attached hydrogen (secondary N) is 1. The summed E-state index contributed by atoms with van der Waals surface area (Å²) in [5, 5.41) is 2.93. The zero-order chi connectivity index (χ0) is 16.4. The van der Waals surface area contributed by atoms with E-state index < -0.39 is 10.0 Å². The summed E-state index contributed by atoms with van der Waals surface area (Å²) in [5.74, 6) is 0.527. The van der Waals surface area contributed by atoms with Crippen molar-refractivity contribution in [3.05, 3.63) is 23.8 Å². The Bertz CT molecular complexity index is 694. The van der Waals surface area contributed by atoms with Crippen LogP contribution in [0.15, 0.2) is 18.2 Å². The van der Waals surface area contributed by atoms with Gasteiger partial charge in [-0.15, -0.1) is 0 Å². The summed E-state index contributed by atoms with van der Waals surface area (Å²) in [7, 11) is -3.28. The Labute approximate surface area is 138 Å². The molecule has 0 atom stereocenters. The summed E-state index contributed by atoms with van der Waals surface area (Å²) < 4.78 is 25.3. The minimum Gasteiger partial charge on any atom is -0.326 e. The average molecular weight is 336 g/mol. The summed E-state index contributed by atoms with van der Waals surface area (Å²) in [6, 6.07) is 5.59. The second kappa shape index (κ2) is 6.51. The highest BCUT2D eigenvalue weighted by Crippen LogP contribution is 2.32. The molecule has 3 rings (SSSR count). The van der Waals surface area contributed by atoms with Crippen LogP contribution in [0.4, 0.5) is 11.4 Å². The molecule has 0 radical (unpaired) electrons. The lowest BCUT2D eigenvalue weighted by Gasteiger charge is -2.29. The number of hydrogen-bond acceptors (Lipinski definition) is 3. The molecule has 1 heterocycles. The number of benzene rings is 1.